The van der Waals surface area contributed by atoms with E-state index in [0.29, 0.717) is 12.4 Å². The third-order valence-corrected chi connectivity index (χ3v) is 1.78. The van der Waals surface area contributed by atoms with Crippen molar-refractivity contribution in [3.63, 3.8) is 0 Å². The Morgan fingerprint density at radius 1 is 1.43 bits per heavy atom. The minimum Gasteiger partial charge on any atom is -0.538 e. The number of phenols is 1. The van der Waals surface area contributed by atoms with Crippen LogP contribution in [-0.4, -0.2) is 29.0 Å². The van der Waals surface area contributed by atoms with Crippen molar-refractivity contribution in [2.24, 2.45) is 0 Å². The van der Waals surface area contributed by atoms with Crippen molar-refractivity contribution >= 4 is 10.5 Å². The van der Waals surface area contributed by atoms with Crippen LogP contribution in [0.15, 0.2) is 18.2 Å². The fraction of sp³-hybridized carbons (Fsp3) is 0.333. The zero-order valence-corrected chi connectivity index (χ0v) is 8.82. The Labute approximate surface area is 86.0 Å². The molecule has 0 aliphatic rings. The van der Waals surface area contributed by atoms with Gasteiger partial charge in [-0.15, -0.1) is 0 Å². The lowest BCUT2D eigenvalue weighted by atomic mass is 10.3. The molecule has 0 heterocycles. The van der Waals surface area contributed by atoms with Gasteiger partial charge >= 0.3 is 10.5 Å². The second kappa shape index (κ2) is 5.51. The van der Waals surface area contributed by atoms with Crippen molar-refractivity contribution in [1.29, 1.82) is 0 Å². The quantitative estimate of drug-likeness (QED) is 0.452. The van der Waals surface area contributed by atoms with Crippen molar-refractivity contribution < 1.29 is 19.0 Å². The van der Waals surface area contributed by atoms with Crippen molar-refractivity contribution in [3.05, 3.63) is 18.2 Å². The maximum atomic E-state index is 9.44. The predicted molar refractivity (Wildman–Crippen MR) is 51.6 cm³/mol. The molecule has 1 aromatic carbocycles. The summed E-state index contributed by atoms with van der Waals surface area (Å²) in [7, 11) is 2.87. The van der Waals surface area contributed by atoms with Crippen molar-refractivity contribution in [3.8, 4) is 17.2 Å². The van der Waals surface area contributed by atoms with Crippen molar-refractivity contribution in [2.75, 3.05) is 13.4 Å². The van der Waals surface area contributed by atoms with Gasteiger partial charge in [0.2, 0.25) is 5.75 Å². The van der Waals surface area contributed by atoms with Crippen LogP contribution in [-0.2, 0) is 4.74 Å². The standard InChI is InChI=1S/C9H11O4Si/c1-2-11-6-12-9-7(10)4-3-5-8(9)13-14/h3-5,10H,2,6H2,1H3. The van der Waals surface area contributed by atoms with Gasteiger partial charge in [0.15, 0.2) is 12.5 Å². The highest BCUT2D eigenvalue weighted by molar-refractivity contribution is 6.00. The summed E-state index contributed by atoms with van der Waals surface area (Å²) in [6.45, 7) is 2.49. The molecule has 1 N–H and O–H groups in total. The molecule has 4 nitrogen and oxygen atoms in total. The first-order valence-electron chi connectivity index (χ1n) is 4.15. The molecule has 75 valence electrons. The fourth-order valence-electron chi connectivity index (χ4n) is 0.914. The minimum atomic E-state index is 0.0143. The average molecular weight is 211 g/mol. The lowest BCUT2D eigenvalue weighted by Gasteiger charge is -2.11. The smallest absolute Gasteiger partial charge is 0.341 e. The summed E-state index contributed by atoms with van der Waals surface area (Å²) in [5, 5.41) is 9.44. The molecular formula is C9H11O4Si. The van der Waals surface area contributed by atoms with Crippen molar-refractivity contribution in [2.45, 2.75) is 6.92 Å². The number of aromatic hydroxyl groups is 1. The molecule has 1 aromatic rings. The Hall–Kier alpha value is -1.20. The fourth-order valence-corrected chi connectivity index (χ4v) is 1.07. The predicted octanol–water partition coefficient (Wildman–Crippen LogP) is 1.23. The van der Waals surface area contributed by atoms with E-state index in [2.05, 4.69) is 10.5 Å². The summed E-state index contributed by atoms with van der Waals surface area (Å²) in [6.07, 6.45) is 0. The summed E-state index contributed by atoms with van der Waals surface area (Å²) >= 11 is 0. The first-order valence-corrected chi connectivity index (χ1v) is 4.56. The van der Waals surface area contributed by atoms with Gasteiger partial charge in [-0.25, -0.2) is 0 Å². The normalized spacial score (nSPS) is 9.86. The number of hydrogen-bond acceptors (Lipinski definition) is 4. The molecule has 5 heteroatoms. The molecule has 0 saturated heterocycles. The van der Waals surface area contributed by atoms with E-state index in [9.17, 15) is 5.11 Å². The Morgan fingerprint density at radius 3 is 2.86 bits per heavy atom. The Balaban J connectivity index is 2.72. The average Bonchev–Trinajstić information content (AvgIpc) is 2.20. The van der Waals surface area contributed by atoms with Crippen LogP contribution in [0.5, 0.6) is 17.2 Å². The second-order valence-electron chi connectivity index (χ2n) is 2.46. The first-order chi connectivity index (χ1) is 6.79. The van der Waals surface area contributed by atoms with Gasteiger partial charge < -0.3 is 19.0 Å². The number of phenolic OH excluding ortho intramolecular Hbond substituents is 1. The Bertz CT molecular complexity index is 290. The lowest BCUT2D eigenvalue weighted by Crippen LogP contribution is -2.03. The van der Waals surface area contributed by atoms with Gasteiger partial charge in [-0.2, -0.15) is 0 Å². The van der Waals surface area contributed by atoms with Gasteiger partial charge in [-0.3, -0.25) is 0 Å². The monoisotopic (exact) mass is 211 g/mol. The zero-order valence-electron chi connectivity index (χ0n) is 7.82. The Kier molecular flexibility index (Phi) is 4.28. The lowest BCUT2D eigenvalue weighted by molar-refractivity contribution is 0.0199. The van der Waals surface area contributed by atoms with Crippen LogP contribution in [0.4, 0.5) is 0 Å². The zero-order chi connectivity index (χ0) is 10.4. The highest BCUT2D eigenvalue weighted by Crippen LogP contribution is 2.35. The summed E-state index contributed by atoms with van der Waals surface area (Å²) in [5.41, 5.74) is 0. The van der Waals surface area contributed by atoms with Crippen LogP contribution in [0.2, 0.25) is 0 Å². The highest BCUT2D eigenvalue weighted by Gasteiger charge is 2.08. The molecular weight excluding hydrogens is 200 g/mol. The number of ether oxygens (including phenoxy) is 2. The second-order valence-corrected chi connectivity index (χ2v) is 2.67. The van der Waals surface area contributed by atoms with Gasteiger partial charge in [0.1, 0.15) is 5.75 Å². The van der Waals surface area contributed by atoms with Crippen LogP contribution in [0.25, 0.3) is 0 Å². The summed E-state index contributed by atoms with van der Waals surface area (Å²) in [5.74, 6) is 0.678. The van der Waals surface area contributed by atoms with Crippen LogP contribution < -0.4 is 9.16 Å². The first kappa shape index (κ1) is 10.9. The van der Waals surface area contributed by atoms with Gasteiger partial charge in [0, 0.05) is 6.61 Å². The SMILES string of the molecule is CCOCOc1c(O)cccc1O[Si]. The number of hydrogen-bond donors (Lipinski definition) is 1. The minimum absolute atomic E-state index is 0.0143. The largest absolute Gasteiger partial charge is 0.538 e. The number of para-hydroxylation sites is 1. The maximum absolute atomic E-state index is 9.44. The molecule has 14 heavy (non-hydrogen) atoms. The van der Waals surface area contributed by atoms with E-state index in [4.69, 9.17) is 13.9 Å². The van der Waals surface area contributed by atoms with Crippen LogP contribution >= 0.6 is 0 Å². The molecule has 0 fully saturated rings. The van der Waals surface area contributed by atoms with Crippen LogP contribution in [0, 0.1) is 0 Å². The van der Waals surface area contributed by atoms with Crippen molar-refractivity contribution in [1.82, 2.24) is 0 Å². The number of rotatable bonds is 5. The molecule has 0 aromatic heterocycles. The molecule has 0 atom stereocenters. The summed E-state index contributed by atoms with van der Waals surface area (Å²) in [4.78, 5) is 0. The van der Waals surface area contributed by atoms with E-state index in [-0.39, 0.29) is 18.3 Å². The van der Waals surface area contributed by atoms with Crippen LogP contribution in [0.1, 0.15) is 6.92 Å². The molecule has 0 saturated carbocycles. The van der Waals surface area contributed by atoms with Crippen LogP contribution in [0.3, 0.4) is 0 Å². The van der Waals surface area contributed by atoms with Gasteiger partial charge in [-0.1, -0.05) is 6.07 Å². The molecule has 0 spiro atoms. The van der Waals surface area contributed by atoms with Gasteiger partial charge in [-0.05, 0) is 19.1 Å². The third kappa shape index (κ3) is 2.64. The molecule has 0 aliphatic heterocycles. The molecule has 0 bridgehead atoms. The Morgan fingerprint density at radius 2 is 2.21 bits per heavy atom. The summed E-state index contributed by atoms with van der Waals surface area (Å²) in [6, 6.07) is 4.82. The van der Waals surface area contributed by atoms with Gasteiger partial charge in [0.25, 0.3) is 0 Å². The molecule has 3 radical (unpaired) electrons. The molecule has 0 aliphatic carbocycles. The molecule has 0 amide bonds. The van der Waals surface area contributed by atoms with E-state index in [0.717, 1.165) is 0 Å². The van der Waals surface area contributed by atoms with E-state index >= 15 is 0 Å². The van der Waals surface area contributed by atoms with E-state index < -0.39 is 0 Å². The molecule has 0 unspecified atom stereocenters. The van der Waals surface area contributed by atoms with E-state index in [1.54, 1.807) is 12.1 Å². The highest BCUT2D eigenvalue weighted by atomic mass is 28.2. The van der Waals surface area contributed by atoms with E-state index in [1.807, 2.05) is 6.92 Å². The van der Waals surface area contributed by atoms with Gasteiger partial charge in [0.05, 0.1) is 0 Å². The topological polar surface area (TPSA) is 47.9 Å². The summed E-state index contributed by atoms with van der Waals surface area (Å²) < 4.78 is 15.0. The third-order valence-electron chi connectivity index (χ3n) is 1.56. The molecule has 1 rings (SSSR count). The number of benzene rings is 1. The van der Waals surface area contributed by atoms with E-state index in [1.165, 1.54) is 6.07 Å². The maximum Gasteiger partial charge on any atom is 0.341 e.